The summed E-state index contributed by atoms with van der Waals surface area (Å²) >= 11 is 0. The molecule has 17 heavy (non-hydrogen) atoms. The van der Waals surface area contributed by atoms with E-state index in [1.165, 1.54) is 19.3 Å². The van der Waals surface area contributed by atoms with Gasteiger partial charge in [0, 0.05) is 6.42 Å². The zero-order valence-electron chi connectivity index (χ0n) is 10.7. The molecule has 3 nitrogen and oxygen atoms in total. The molecule has 0 radical (unpaired) electrons. The molecule has 0 amide bonds. The Morgan fingerprint density at radius 2 is 2.06 bits per heavy atom. The van der Waals surface area contributed by atoms with E-state index in [0.717, 1.165) is 18.7 Å². The number of hydrogen-bond acceptors (Lipinski definition) is 3. The number of carbonyl (C=O) groups excluding carboxylic acids is 1. The van der Waals surface area contributed by atoms with Gasteiger partial charge in [0.25, 0.3) is 0 Å². The van der Waals surface area contributed by atoms with Crippen molar-refractivity contribution in [2.45, 2.75) is 45.1 Å². The normalized spacial score (nSPS) is 18.2. The Morgan fingerprint density at radius 3 is 2.65 bits per heavy atom. The van der Waals surface area contributed by atoms with Crippen LogP contribution in [0, 0.1) is 0 Å². The number of carbonyl (C=O) groups is 1. The molecule has 1 aliphatic heterocycles. The average molecular weight is 235 g/mol. The molecular weight excluding hydrogens is 214 g/mol. The summed E-state index contributed by atoms with van der Waals surface area (Å²) in [6.07, 6.45) is 7.47. The third-order valence-electron chi connectivity index (χ3n) is 3.77. The largest absolute Gasteiger partial charge is 0.472 e. The van der Waals surface area contributed by atoms with Crippen LogP contribution in [0.1, 0.15) is 38.7 Å². The van der Waals surface area contributed by atoms with Crippen molar-refractivity contribution in [1.29, 1.82) is 0 Å². The molecule has 1 fully saturated rings. The number of hydrogen-bond donors (Lipinski definition) is 0. The van der Waals surface area contributed by atoms with Gasteiger partial charge >= 0.3 is 0 Å². The Labute approximate surface area is 103 Å². The molecule has 94 valence electrons. The second-order valence-electron chi connectivity index (χ2n) is 5.34. The maximum absolute atomic E-state index is 12.3. The van der Waals surface area contributed by atoms with Crippen molar-refractivity contribution in [3.63, 3.8) is 0 Å². The van der Waals surface area contributed by atoms with Crippen LogP contribution in [0.15, 0.2) is 23.0 Å². The van der Waals surface area contributed by atoms with Gasteiger partial charge in [0.05, 0.1) is 18.1 Å². The summed E-state index contributed by atoms with van der Waals surface area (Å²) < 4.78 is 5.01. The summed E-state index contributed by atoms with van der Waals surface area (Å²) in [5.74, 6) is 0.279. The Hall–Kier alpha value is -1.09. The van der Waals surface area contributed by atoms with Gasteiger partial charge < -0.3 is 4.42 Å². The van der Waals surface area contributed by atoms with E-state index in [1.807, 2.05) is 19.9 Å². The van der Waals surface area contributed by atoms with E-state index in [9.17, 15) is 4.79 Å². The van der Waals surface area contributed by atoms with Gasteiger partial charge in [-0.2, -0.15) is 0 Å². The van der Waals surface area contributed by atoms with Crippen LogP contribution < -0.4 is 0 Å². The number of furan rings is 1. The number of piperidine rings is 1. The van der Waals surface area contributed by atoms with E-state index in [1.54, 1.807) is 12.5 Å². The Morgan fingerprint density at radius 1 is 1.35 bits per heavy atom. The fourth-order valence-electron chi connectivity index (χ4n) is 2.42. The number of ketones is 1. The van der Waals surface area contributed by atoms with Crippen LogP contribution in [0.4, 0.5) is 0 Å². The average Bonchev–Trinajstić information content (AvgIpc) is 2.83. The molecule has 0 aliphatic carbocycles. The highest BCUT2D eigenvalue weighted by Gasteiger charge is 2.34. The summed E-state index contributed by atoms with van der Waals surface area (Å²) in [4.78, 5) is 14.7. The van der Waals surface area contributed by atoms with E-state index in [0.29, 0.717) is 6.42 Å². The van der Waals surface area contributed by atoms with E-state index in [-0.39, 0.29) is 11.3 Å². The van der Waals surface area contributed by atoms with Crippen molar-refractivity contribution < 1.29 is 9.21 Å². The number of nitrogens with zero attached hydrogens (tertiary/aromatic N) is 1. The van der Waals surface area contributed by atoms with Gasteiger partial charge in [-0.3, -0.25) is 9.69 Å². The van der Waals surface area contributed by atoms with Crippen LogP contribution in [-0.2, 0) is 11.2 Å². The smallest absolute Gasteiger partial charge is 0.156 e. The van der Waals surface area contributed by atoms with Gasteiger partial charge in [-0.1, -0.05) is 6.42 Å². The standard InChI is InChI=1S/C14H21NO2/c1-14(2,15-7-4-3-5-8-15)13(16)10-12-6-9-17-11-12/h6,9,11H,3-5,7-8,10H2,1-2H3. The highest BCUT2D eigenvalue weighted by Crippen LogP contribution is 2.23. The molecule has 1 aromatic rings. The van der Waals surface area contributed by atoms with Gasteiger partial charge in [-0.15, -0.1) is 0 Å². The van der Waals surface area contributed by atoms with Crippen molar-refractivity contribution in [3.8, 4) is 0 Å². The molecule has 2 rings (SSSR count). The number of Topliss-reactive ketones (excluding diaryl/α,β-unsaturated/α-hetero) is 1. The van der Waals surface area contributed by atoms with Crippen LogP contribution in [0.3, 0.4) is 0 Å². The van der Waals surface area contributed by atoms with Crippen LogP contribution in [0.5, 0.6) is 0 Å². The van der Waals surface area contributed by atoms with Gasteiger partial charge in [-0.25, -0.2) is 0 Å². The van der Waals surface area contributed by atoms with Crippen molar-refractivity contribution in [2.75, 3.05) is 13.1 Å². The molecule has 1 aromatic heterocycles. The Balaban J connectivity index is 2.00. The van der Waals surface area contributed by atoms with Crippen LogP contribution in [-0.4, -0.2) is 29.3 Å². The molecule has 3 heteroatoms. The molecule has 0 unspecified atom stereocenters. The molecule has 0 aromatic carbocycles. The molecule has 0 atom stereocenters. The van der Waals surface area contributed by atoms with Crippen LogP contribution >= 0.6 is 0 Å². The van der Waals surface area contributed by atoms with Gasteiger partial charge in [0.1, 0.15) is 0 Å². The van der Waals surface area contributed by atoms with Gasteiger partial charge in [0.2, 0.25) is 0 Å². The highest BCUT2D eigenvalue weighted by molar-refractivity contribution is 5.89. The monoisotopic (exact) mass is 235 g/mol. The second kappa shape index (κ2) is 5.05. The predicted octanol–water partition coefficient (Wildman–Crippen LogP) is 2.66. The maximum atomic E-state index is 12.3. The van der Waals surface area contributed by atoms with E-state index in [2.05, 4.69) is 4.90 Å². The van der Waals surface area contributed by atoms with Gasteiger partial charge in [0.15, 0.2) is 5.78 Å². The highest BCUT2D eigenvalue weighted by atomic mass is 16.3. The van der Waals surface area contributed by atoms with Crippen molar-refractivity contribution in [3.05, 3.63) is 24.2 Å². The fraction of sp³-hybridized carbons (Fsp3) is 0.643. The maximum Gasteiger partial charge on any atom is 0.156 e. The minimum Gasteiger partial charge on any atom is -0.472 e. The molecule has 1 saturated heterocycles. The summed E-state index contributed by atoms with van der Waals surface area (Å²) in [7, 11) is 0. The summed E-state index contributed by atoms with van der Waals surface area (Å²) in [5, 5.41) is 0. The lowest BCUT2D eigenvalue weighted by Crippen LogP contribution is -2.52. The molecule has 0 saturated carbocycles. The molecule has 2 heterocycles. The van der Waals surface area contributed by atoms with Gasteiger partial charge in [-0.05, 0) is 51.4 Å². The van der Waals surface area contributed by atoms with Crippen molar-refractivity contribution >= 4 is 5.78 Å². The first-order chi connectivity index (χ1) is 8.10. The van der Waals surface area contributed by atoms with Crippen LogP contribution in [0.25, 0.3) is 0 Å². The second-order valence-corrected chi connectivity index (χ2v) is 5.34. The zero-order chi connectivity index (χ0) is 12.3. The summed E-state index contributed by atoms with van der Waals surface area (Å²) in [6.45, 7) is 6.18. The quantitative estimate of drug-likeness (QED) is 0.804. The Kier molecular flexibility index (Phi) is 3.67. The third kappa shape index (κ3) is 2.78. The lowest BCUT2D eigenvalue weighted by Gasteiger charge is -2.39. The molecular formula is C14H21NO2. The first-order valence-electron chi connectivity index (χ1n) is 6.40. The fourth-order valence-corrected chi connectivity index (χ4v) is 2.42. The molecule has 1 aliphatic rings. The summed E-state index contributed by atoms with van der Waals surface area (Å²) in [5.41, 5.74) is 0.623. The number of likely N-dealkylation sites (tertiary alicyclic amines) is 1. The van der Waals surface area contributed by atoms with Crippen molar-refractivity contribution in [2.24, 2.45) is 0 Å². The zero-order valence-corrected chi connectivity index (χ0v) is 10.7. The third-order valence-corrected chi connectivity index (χ3v) is 3.77. The molecule has 0 N–H and O–H groups in total. The minimum atomic E-state index is -0.350. The first-order valence-corrected chi connectivity index (χ1v) is 6.40. The number of rotatable bonds is 4. The van der Waals surface area contributed by atoms with E-state index in [4.69, 9.17) is 4.42 Å². The lowest BCUT2D eigenvalue weighted by atomic mass is 9.90. The van der Waals surface area contributed by atoms with Crippen molar-refractivity contribution in [1.82, 2.24) is 4.90 Å². The lowest BCUT2D eigenvalue weighted by molar-refractivity contribution is -0.129. The van der Waals surface area contributed by atoms with E-state index < -0.39 is 0 Å². The first kappa shape index (κ1) is 12.4. The van der Waals surface area contributed by atoms with E-state index >= 15 is 0 Å². The molecule has 0 bridgehead atoms. The predicted molar refractivity (Wildman–Crippen MR) is 66.9 cm³/mol. The van der Waals surface area contributed by atoms with Crippen LogP contribution in [0.2, 0.25) is 0 Å². The molecule has 0 spiro atoms. The summed E-state index contributed by atoms with van der Waals surface area (Å²) in [6, 6.07) is 1.87. The minimum absolute atomic E-state index is 0.279. The Bertz CT molecular complexity index is 362. The topological polar surface area (TPSA) is 33.5 Å². The SMILES string of the molecule is CC(C)(C(=O)Cc1ccoc1)N1CCCCC1.